The van der Waals surface area contributed by atoms with Crippen molar-refractivity contribution < 1.29 is 8.78 Å². The largest absolute Gasteiger partial charge is 0.346 e. The highest BCUT2D eigenvalue weighted by Crippen LogP contribution is 2.39. The summed E-state index contributed by atoms with van der Waals surface area (Å²) in [7, 11) is 0. The molecule has 1 N–H and O–H groups in total. The van der Waals surface area contributed by atoms with E-state index in [1.807, 2.05) is 24.5 Å². The minimum atomic E-state index is -0.551. The van der Waals surface area contributed by atoms with Gasteiger partial charge in [-0.15, -0.1) is 0 Å². The lowest BCUT2D eigenvalue weighted by molar-refractivity contribution is 0.363. The van der Waals surface area contributed by atoms with Crippen LogP contribution in [0.1, 0.15) is 38.1 Å². The highest BCUT2D eigenvalue weighted by molar-refractivity contribution is 6.05. The van der Waals surface area contributed by atoms with Crippen LogP contribution in [0.3, 0.4) is 0 Å². The number of hydrogen-bond donors (Lipinski definition) is 1. The van der Waals surface area contributed by atoms with Crippen LogP contribution in [0, 0.1) is 11.6 Å². The van der Waals surface area contributed by atoms with Crippen molar-refractivity contribution >= 4 is 21.9 Å². The Balaban J connectivity index is 1.84. The van der Waals surface area contributed by atoms with Gasteiger partial charge in [0.15, 0.2) is 0 Å². The monoisotopic (exact) mass is 351 g/mol. The van der Waals surface area contributed by atoms with Gasteiger partial charge in [0.05, 0.1) is 5.52 Å². The normalized spacial score (nSPS) is 15.9. The average Bonchev–Trinajstić information content (AvgIpc) is 3.25. The fourth-order valence-electron chi connectivity index (χ4n) is 4.36. The summed E-state index contributed by atoms with van der Waals surface area (Å²) in [5.41, 5.74) is 3.38. The van der Waals surface area contributed by atoms with Crippen molar-refractivity contribution in [3.8, 4) is 11.3 Å². The Bertz CT molecular complexity index is 1080. The Hall–Kier alpha value is -2.69. The van der Waals surface area contributed by atoms with Crippen LogP contribution in [-0.2, 0) is 0 Å². The third-order valence-electron chi connectivity index (χ3n) is 5.48. The summed E-state index contributed by atoms with van der Waals surface area (Å²) in [6, 6.07) is 8.13. The minimum Gasteiger partial charge on any atom is -0.346 e. The number of halogens is 2. The molecule has 1 fully saturated rings. The molecule has 0 bridgehead atoms. The summed E-state index contributed by atoms with van der Waals surface area (Å²) in [5.74, 6) is -1.10. The first-order valence-corrected chi connectivity index (χ1v) is 9.14. The molecule has 0 atom stereocenters. The van der Waals surface area contributed by atoms with E-state index in [0.29, 0.717) is 11.6 Å². The van der Waals surface area contributed by atoms with Crippen molar-refractivity contribution in [2.24, 2.45) is 0 Å². The molecular weight excluding hydrogens is 332 g/mol. The first-order valence-electron chi connectivity index (χ1n) is 9.14. The van der Waals surface area contributed by atoms with Crippen LogP contribution in [0.5, 0.6) is 0 Å². The van der Waals surface area contributed by atoms with Crippen LogP contribution in [0.4, 0.5) is 8.78 Å². The molecule has 3 nitrogen and oxygen atoms in total. The number of rotatable bonds is 2. The van der Waals surface area contributed by atoms with E-state index < -0.39 is 11.6 Å². The number of fused-ring (bicyclic) bond motifs is 3. The molecule has 0 amide bonds. The number of aromatic nitrogens is 3. The third kappa shape index (κ3) is 2.42. The Labute approximate surface area is 149 Å². The quantitative estimate of drug-likeness (QED) is 0.474. The summed E-state index contributed by atoms with van der Waals surface area (Å²) >= 11 is 0. The number of pyridine rings is 1. The Morgan fingerprint density at radius 2 is 1.77 bits per heavy atom. The molecule has 1 aliphatic rings. The predicted molar refractivity (Wildman–Crippen MR) is 99.1 cm³/mol. The molecule has 3 aromatic heterocycles. The molecule has 132 valence electrons. The number of aromatic amines is 1. The van der Waals surface area contributed by atoms with Crippen molar-refractivity contribution in [1.29, 1.82) is 0 Å². The maximum absolute atomic E-state index is 13.9. The number of benzene rings is 1. The van der Waals surface area contributed by atoms with Gasteiger partial charge in [-0.05, 0) is 37.1 Å². The summed E-state index contributed by atoms with van der Waals surface area (Å²) in [4.78, 5) is 7.65. The van der Waals surface area contributed by atoms with Gasteiger partial charge in [0, 0.05) is 46.5 Å². The first-order chi connectivity index (χ1) is 12.7. The molecule has 0 radical (unpaired) electrons. The van der Waals surface area contributed by atoms with E-state index >= 15 is 0 Å². The number of H-pyrrole nitrogens is 1. The van der Waals surface area contributed by atoms with Gasteiger partial charge in [-0.3, -0.25) is 0 Å². The van der Waals surface area contributed by atoms with E-state index in [2.05, 4.69) is 14.5 Å². The number of hydrogen-bond acceptors (Lipinski definition) is 1. The van der Waals surface area contributed by atoms with Crippen LogP contribution in [0.25, 0.3) is 33.2 Å². The van der Waals surface area contributed by atoms with E-state index in [4.69, 9.17) is 0 Å². The topological polar surface area (TPSA) is 33.6 Å². The molecule has 5 heteroatoms. The lowest BCUT2D eigenvalue weighted by atomic mass is 9.94. The fraction of sp³-hybridized carbons (Fsp3) is 0.286. The van der Waals surface area contributed by atoms with E-state index in [1.165, 1.54) is 31.4 Å². The lowest BCUT2D eigenvalue weighted by Crippen LogP contribution is -2.14. The molecule has 1 saturated carbocycles. The zero-order valence-corrected chi connectivity index (χ0v) is 14.3. The fourth-order valence-corrected chi connectivity index (χ4v) is 4.36. The highest BCUT2D eigenvalue weighted by atomic mass is 19.1. The van der Waals surface area contributed by atoms with Crippen LogP contribution in [0.2, 0.25) is 0 Å². The molecule has 0 aliphatic heterocycles. The van der Waals surface area contributed by atoms with E-state index in [1.54, 1.807) is 0 Å². The Morgan fingerprint density at radius 3 is 2.54 bits per heavy atom. The van der Waals surface area contributed by atoms with Gasteiger partial charge in [0.1, 0.15) is 17.3 Å². The number of nitrogens with zero attached hydrogens (tertiary/aromatic N) is 2. The number of nitrogens with one attached hydrogen (secondary N) is 1. The van der Waals surface area contributed by atoms with Gasteiger partial charge in [0.25, 0.3) is 0 Å². The summed E-state index contributed by atoms with van der Waals surface area (Å²) < 4.78 is 30.1. The molecule has 3 heterocycles. The van der Waals surface area contributed by atoms with Gasteiger partial charge >= 0.3 is 0 Å². The standard InChI is InChI=1S/C21H19F2N3/c22-15-8-13(9-16(23)11-15)19-10-14-12-25-21-18(6-7-24-21)20(14)26(19)17-4-2-1-3-5-17/h6-12,17H,1-5H2,(H,24,25). The highest BCUT2D eigenvalue weighted by Gasteiger charge is 2.23. The first kappa shape index (κ1) is 15.6. The van der Waals surface area contributed by atoms with E-state index in [9.17, 15) is 8.78 Å². The molecule has 4 aromatic rings. The maximum Gasteiger partial charge on any atom is 0.139 e. The third-order valence-corrected chi connectivity index (χ3v) is 5.48. The molecule has 26 heavy (non-hydrogen) atoms. The van der Waals surface area contributed by atoms with E-state index in [0.717, 1.165) is 46.5 Å². The van der Waals surface area contributed by atoms with Crippen molar-refractivity contribution in [1.82, 2.24) is 14.5 Å². The van der Waals surface area contributed by atoms with Crippen LogP contribution in [0.15, 0.2) is 42.7 Å². The minimum absolute atomic E-state index is 0.336. The zero-order valence-electron chi connectivity index (χ0n) is 14.3. The molecule has 0 spiro atoms. The summed E-state index contributed by atoms with van der Waals surface area (Å²) in [5, 5.41) is 2.05. The molecular formula is C21H19F2N3. The van der Waals surface area contributed by atoms with E-state index in [-0.39, 0.29) is 0 Å². The molecule has 1 aromatic carbocycles. The Morgan fingerprint density at radius 1 is 1.00 bits per heavy atom. The predicted octanol–water partition coefficient (Wildman–Crippen LogP) is 5.97. The summed E-state index contributed by atoms with van der Waals surface area (Å²) in [6.07, 6.45) is 9.52. The molecule has 1 aliphatic carbocycles. The van der Waals surface area contributed by atoms with Gasteiger partial charge < -0.3 is 9.55 Å². The van der Waals surface area contributed by atoms with Crippen LogP contribution < -0.4 is 0 Å². The molecule has 0 unspecified atom stereocenters. The lowest BCUT2D eigenvalue weighted by Gasteiger charge is -2.27. The zero-order chi connectivity index (χ0) is 17.7. The van der Waals surface area contributed by atoms with Gasteiger partial charge in [-0.2, -0.15) is 0 Å². The molecule has 0 saturated heterocycles. The SMILES string of the molecule is Fc1cc(F)cc(-c2cc3cnc4[nH]ccc4c3n2C2CCCCC2)c1. The van der Waals surface area contributed by atoms with Crippen molar-refractivity contribution in [3.63, 3.8) is 0 Å². The molecule has 5 rings (SSSR count). The Kier molecular flexibility index (Phi) is 3.55. The summed E-state index contributed by atoms with van der Waals surface area (Å²) in [6.45, 7) is 0. The van der Waals surface area contributed by atoms with Crippen molar-refractivity contribution in [2.45, 2.75) is 38.1 Å². The second-order valence-electron chi connectivity index (χ2n) is 7.15. The van der Waals surface area contributed by atoms with Gasteiger partial charge in [-0.25, -0.2) is 13.8 Å². The average molecular weight is 351 g/mol. The van der Waals surface area contributed by atoms with Crippen LogP contribution >= 0.6 is 0 Å². The second kappa shape index (κ2) is 5.94. The second-order valence-corrected chi connectivity index (χ2v) is 7.15. The van der Waals surface area contributed by atoms with Gasteiger partial charge in [-0.1, -0.05) is 19.3 Å². The van der Waals surface area contributed by atoms with Crippen LogP contribution in [-0.4, -0.2) is 14.5 Å². The van der Waals surface area contributed by atoms with Crippen molar-refractivity contribution in [2.75, 3.05) is 0 Å². The van der Waals surface area contributed by atoms with Gasteiger partial charge in [0.2, 0.25) is 0 Å². The van der Waals surface area contributed by atoms with Crippen molar-refractivity contribution in [3.05, 3.63) is 54.4 Å². The smallest absolute Gasteiger partial charge is 0.139 e. The maximum atomic E-state index is 13.9.